The van der Waals surface area contributed by atoms with Crippen LogP contribution in [0, 0.1) is 0 Å². The third-order valence-electron chi connectivity index (χ3n) is 4.22. The van der Waals surface area contributed by atoms with Crippen LogP contribution in [0.4, 0.5) is 0 Å². The zero-order valence-corrected chi connectivity index (χ0v) is 15.4. The number of pyridine rings is 1. The summed E-state index contributed by atoms with van der Waals surface area (Å²) in [5, 5.41) is 3.79. The summed E-state index contributed by atoms with van der Waals surface area (Å²) in [6, 6.07) is 16.0. The van der Waals surface area contributed by atoms with Gasteiger partial charge in [0.25, 0.3) is 11.5 Å². The monoisotopic (exact) mass is 380 g/mol. The van der Waals surface area contributed by atoms with Crippen LogP contribution in [-0.2, 0) is 16.0 Å². The molecule has 3 rings (SSSR count). The topological polar surface area (TPSA) is 97.5 Å². The molecule has 0 aliphatic carbocycles. The van der Waals surface area contributed by atoms with Gasteiger partial charge in [0.2, 0.25) is 0 Å². The highest BCUT2D eigenvalue weighted by Crippen LogP contribution is 2.17. The molecule has 1 amide bonds. The quantitative estimate of drug-likeness (QED) is 0.612. The van der Waals surface area contributed by atoms with Gasteiger partial charge in [0.1, 0.15) is 11.4 Å². The normalized spacial score (nSPS) is 10.5. The van der Waals surface area contributed by atoms with Gasteiger partial charge in [0, 0.05) is 11.9 Å². The molecule has 7 heteroatoms. The van der Waals surface area contributed by atoms with Crippen molar-refractivity contribution in [1.82, 2.24) is 10.3 Å². The third-order valence-corrected chi connectivity index (χ3v) is 4.22. The molecule has 3 aromatic rings. The molecule has 0 atom stereocenters. The van der Waals surface area contributed by atoms with Crippen LogP contribution < -0.4 is 15.6 Å². The number of carbonyl (C=O) groups is 2. The summed E-state index contributed by atoms with van der Waals surface area (Å²) in [6.45, 7) is -0.0524. The van der Waals surface area contributed by atoms with Crippen molar-refractivity contribution in [3.8, 4) is 5.75 Å². The van der Waals surface area contributed by atoms with E-state index in [4.69, 9.17) is 9.47 Å². The average molecular weight is 380 g/mol. The molecule has 144 valence electrons. The summed E-state index contributed by atoms with van der Waals surface area (Å²) >= 11 is 0. The van der Waals surface area contributed by atoms with Crippen molar-refractivity contribution in [2.24, 2.45) is 0 Å². The van der Waals surface area contributed by atoms with E-state index in [1.807, 2.05) is 24.3 Å². The summed E-state index contributed by atoms with van der Waals surface area (Å²) in [5.41, 5.74) is 0.591. The first-order valence-electron chi connectivity index (χ1n) is 8.76. The number of para-hydroxylation sites is 1. The molecule has 0 saturated heterocycles. The Bertz CT molecular complexity index is 1060. The van der Waals surface area contributed by atoms with Crippen molar-refractivity contribution in [2.75, 3.05) is 20.3 Å². The van der Waals surface area contributed by atoms with Gasteiger partial charge in [-0.2, -0.15) is 0 Å². The van der Waals surface area contributed by atoms with Gasteiger partial charge in [0.15, 0.2) is 6.61 Å². The van der Waals surface area contributed by atoms with E-state index in [1.165, 1.54) is 6.07 Å². The summed E-state index contributed by atoms with van der Waals surface area (Å²) < 4.78 is 10.3. The van der Waals surface area contributed by atoms with Gasteiger partial charge in [-0.1, -0.05) is 36.4 Å². The molecule has 0 radical (unpaired) electrons. The van der Waals surface area contributed by atoms with Crippen LogP contribution in [0.25, 0.3) is 10.8 Å². The first-order valence-corrected chi connectivity index (χ1v) is 8.76. The van der Waals surface area contributed by atoms with Crippen molar-refractivity contribution >= 4 is 22.6 Å². The van der Waals surface area contributed by atoms with Crippen molar-refractivity contribution in [3.63, 3.8) is 0 Å². The van der Waals surface area contributed by atoms with E-state index in [-0.39, 0.29) is 11.3 Å². The van der Waals surface area contributed by atoms with Crippen molar-refractivity contribution in [3.05, 3.63) is 76.2 Å². The number of benzene rings is 2. The number of aromatic amines is 1. The zero-order chi connectivity index (χ0) is 19.9. The molecule has 0 fully saturated rings. The van der Waals surface area contributed by atoms with Gasteiger partial charge in [-0.25, -0.2) is 4.79 Å². The molecule has 0 aliphatic rings. The minimum Gasteiger partial charge on any atom is -0.496 e. The predicted octanol–water partition coefficient (Wildman–Crippen LogP) is 2.05. The van der Waals surface area contributed by atoms with Gasteiger partial charge in [0.05, 0.1) is 7.11 Å². The Labute approximate surface area is 161 Å². The second kappa shape index (κ2) is 8.85. The maximum Gasteiger partial charge on any atom is 0.355 e. The van der Waals surface area contributed by atoms with Gasteiger partial charge >= 0.3 is 5.97 Å². The number of hydrogen-bond donors (Lipinski definition) is 2. The number of aromatic nitrogens is 1. The molecule has 0 aliphatic heterocycles. The Morgan fingerprint density at radius 2 is 1.82 bits per heavy atom. The minimum absolute atomic E-state index is 0.00511. The molecule has 28 heavy (non-hydrogen) atoms. The van der Waals surface area contributed by atoms with Gasteiger partial charge in [-0.05, 0) is 35.6 Å². The van der Waals surface area contributed by atoms with Crippen LogP contribution in [0.5, 0.6) is 5.75 Å². The van der Waals surface area contributed by atoms with E-state index < -0.39 is 18.5 Å². The van der Waals surface area contributed by atoms with Gasteiger partial charge in [-0.3, -0.25) is 9.59 Å². The van der Waals surface area contributed by atoms with Crippen LogP contribution in [0.15, 0.2) is 59.4 Å². The molecule has 2 N–H and O–H groups in total. The number of H-pyrrole nitrogens is 1. The SMILES string of the molecule is COc1ccccc1CCNC(=O)COC(=O)c1cc2ccccc2c(=O)[nH]1. The second-order valence-corrected chi connectivity index (χ2v) is 6.09. The molecule has 7 nitrogen and oxygen atoms in total. The zero-order valence-electron chi connectivity index (χ0n) is 15.4. The molecular formula is C21H20N2O5. The molecule has 2 aromatic carbocycles. The third kappa shape index (κ3) is 4.56. The second-order valence-electron chi connectivity index (χ2n) is 6.09. The van der Waals surface area contributed by atoms with Crippen LogP contribution in [0.3, 0.4) is 0 Å². The lowest BCUT2D eigenvalue weighted by atomic mass is 10.1. The van der Waals surface area contributed by atoms with Crippen LogP contribution >= 0.6 is 0 Å². The predicted molar refractivity (Wildman–Crippen MR) is 105 cm³/mol. The van der Waals surface area contributed by atoms with Crippen molar-refractivity contribution in [1.29, 1.82) is 0 Å². The molecular weight excluding hydrogens is 360 g/mol. The maximum absolute atomic E-state index is 12.1. The smallest absolute Gasteiger partial charge is 0.355 e. The highest BCUT2D eigenvalue weighted by atomic mass is 16.5. The number of rotatable bonds is 7. The number of esters is 1. The molecule has 0 saturated carbocycles. The summed E-state index contributed by atoms with van der Waals surface area (Å²) in [5.74, 6) is -0.433. The highest BCUT2D eigenvalue weighted by Gasteiger charge is 2.13. The number of ether oxygens (including phenoxy) is 2. The van der Waals surface area contributed by atoms with Crippen LogP contribution in [0.2, 0.25) is 0 Å². The number of nitrogens with one attached hydrogen (secondary N) is 2. The first kappa shape index (κ1) is 19.2. The number of amides is 1. The van der Waals surface area contributed by atoms with E-state index in [0.29, 0.717) is 23.7 Å². The molecule has 0 spiro atoms. The highest BCUT2D eigenvalue weighted by molar-refractivity contribution is 5.94. The Morgan fingerprint density at radius 1 is 1.07 bits per heavy atom. The number of carbonyl (C=O) groups excluding carboxylic acids is 2. The van der Waals surface area contributed by atoms with E-state index in [2.05, 4.69) is 10.3 Å². The Kier molecular flexibility index (Phi) is 6.06. The largest absolute Gasteiger partial charge is 0.496 e. The summed E-state index contributed by atoms with van der Waals surface area (Å²) in [4.78, 5) is 38.5. The lowest BCUT2D eigenvalue weighted by Crippen LogP contribution is -2.30. The van der Waals surface area contributed by atoms with E-state index in [0.717, 1.165) is 11.3 Å². The maximum atomic E-state index is 12.1. The van der Waals surface area contributed by atoms with Crippen molar-refractivity contribution < 1.29 is 19.1 Å². The van der Waals surface area contributed by atoms with E-state index >= 15 is 0 Å². The molecule has 0 bridgehead atoms. The molecule has 1 heterocycles. The van der Waals surface area contributed by atoms with E-state index in [1.54, 1.807) is 31.4 Å². The fraction of sp³-hybridized carbons (Fsp3) is 0.190. The van der Waals surface area contributed by atoms with Gasteiger partial charge < -0.3 is 19.8 Å². The fourth-order valence-corrected chi connectivity index (χ4v) is 2.83. The van der Waals surface area contributed by atoms with Crippen LogP contribution in [-0.4, -0.2) is 37.1 Å². The Hall–Kier alpha value is -3.61. The van der Waals surface area contributed by atoms with Gasteiger partial charge in [-0.15, -0.1) is 0 Å². The van der Waals surface area contributed by atoms with E-state index in [9.17, 15) is 14.4 Å². The minimum atomic E-state index is -0.761. The molecule has 0 unspecified atom stereocenters. The average Bonchev–Trinajstić information content (AvgIpc) is 2.72. The molecule has 1 aromatic heterocycles. The standard InChI is InChI=1S/C21H20N2O5/c1-27-18-9-5-3-6-14(18)10-11-22-19(24)13-28-21(26)17-12-15-7-2-4-8-16(15)20(25)23-17/h2-9,12H,10-11,13H2,1H3,(H,22,24)(H,23,25). The number of methoxy groups -OCH3 is 1. The number of hydrogen-bond acceptors (Lipinski definition) is 5. The summed E-state index contributed by atoms with van der Waals surface area (Å²) in [6.07, 6.45) is 0.585. The Morgan fingerprint density at radius 3 is 2.64 bits per heavy atom. The first-order chi connectivity index (χ1) is 13.6. The number of fused-ring (bicyclic) bond motifs is 1. The van der Waals surface area contributed by atoms with Crippen LogP contribution in [0.1, 0.15) is 16.1 Å². The Balaban J connectivity index is 1.52. The van der Waals surface area contributed by atoms with Crippen molar-refractivity contribution in [2.45, 2.75) is 6.42 Å². The summed E-state index contributed by atoms with van der Waals surface area (Å²) in [7, 11) is 1.59. The fourth-order valence-electron chi connectivity index (χ4n) is 2.83. The lowest BCUT2D eigenvalue weighted by molar-refractivity contribution is -0.124. The lowest BCUT2D eigenvalue weighted by Gasteiger charge is -2.09.